The fraction of sp³-hybridized carbons (Fsp3) is 0.0625. The molecule has 2 aromatic carbocycles. The lowest BCUT2D eigenvalue weighted by molar-refractivity contribution is 1.02. The Kier molecular flexibility index (Phi) is 1.92. The summed E-state index contributed by atoms with van der Waals surface area (Å²) in [5.41, 5.74) is 6.67. The Morgan fingerprint density at radius 1 is 0.833 bits per heavy atom. The van der Waals surface area contributed by atoms with E-state index >= 15 is 0 Å². The average Bonchev–Trinajstić information content (AvgIpc) is 3.03. The molecule has 0 radical (unpaired) electrons. The minimum atomic E-state index is 0.316. The minimum absolute atomic E-state index is 0.316. The van der Waals surface area contributed by atoms with Crippen LogP contribution < -0.4 is 0 Å². The zero-order valence-electron chi connectivity index (χ0n) is 9.80. The lowest BCUT2D eigenvalue weighted by Gasteiger charge is -2.10. The monoisotopic (exact) mass is 232 g/mol. The molecule has 0 amide bonds. The van der Waals surface area contributed by atoms with Gasteiger partial charge in [0.1, 0.15) is 0 Å². The van der Waals surface area contributed by atoms with Crippen molar-refractivity contribution in [2.45, 2.75) is 5.92 Å². The molecule has 2 heteroatoms. The van der Waals surface area contributed by atoms with Crippen molar-refractivity contribution < 1.29 is 0 Å². The van der Waals surface area contributed by atoms with Crippen LogP contribution in [0.5, 0.6) is 0 Å². The molecular formula is C16H12N2. The van der Waals surface area contributed by atoms with Crippen molar-refractivity contribution >= 4 is 0 Å². The Morgan fingerprint density at radius 3 is 2.00 bits per heavy atom. The van der Waals surface area contributed by atoms with Crippen LogP contribution in [0.4, 0.5) is 0 Å². The molecule has 0 bridgehead atoms. The molecule has 0 spiro atoms. The van der Waals surface area contributed by atoms with E-state index in [9.17, 15) is 0 Å². The van der Waals surface area contributed by atoms with Gasteiger partial charge in [-0.2, -0.15) is 5.10 Å². The van der Waals surface area contributed by atoms with Gasteiger partial charge in [0.2, 0.25) is 0 Å². The third kappa shape index (κ3) is 1.20. The molecule has 86 valence electrons. The van der Waals surface area contributed by atoms with E-state index in [2.05, 4.69) is 58.7 Å². The Bertz CT molecular complexity index is 653. The molecule has 4 rings (SSSR count). The maximum Gasteiger partial charge on any atom is 0.0528 e. The molecule has 0 saturated heterocycles. The Hall–Kier alpha value is -2.35. The fourth-order valence-corrected chi connectivity index (χ4v) is 2.93. The first-order valence-electron chi connectivity index (χ1n) is 6.12. The van der Waals surface area contributed by atoms with Crippen LogP contribution in [-0.2, 0) is 0 Å². The van der Waals surface area contributed by atoms with Crippen LogP contribution in [0.15, 0.2) is 60.9 Å². The van der Waals surface area contributed by atoms with E-state index in [1.165, 1.54) is 27.8 Å². The van der Waals surface area contributed by atoms with E-state index < -0.39 is 0 Å². The first kappa shape index (κ1) is 9.66. The van der Waals surface area contributed by atoms with Crippen LogP contribution in [0, 0.1) is 0 Å². The second-order valence-electron chi connectivity index (χ2n) is 4.64. The molecule has 18 heavy (non-hydrogen) atoms. The molecule has 0 saturated carbocycles. The summed E-state index contributed by atoms with van der Waals surface area (Å²) in [5, 5.41) is 7.01. The number of hydrogen-bond acceptors (Lipinski definition) is 1. The van der Waals surface area contributed by atoms with E-state index in [1.54, 1.807) is 0 Å². The van der Waals surface area contributed by atoms with Crippen LogP contribution in [0.2, 0.25) is 0 Å². The molecule has 1 N–H and O–H groups in total. The number of nitrogens with zero attached hydrogens (tertiary/aromatic N) is 1. The Morgan fingerprint density at radius 2 is 1.44 bits per heavy atom. The molecule has 1 heterocycles. The quantitative estimate of drug-likeness (QED) is 0.534. The predicted octanol–water partition coefficient (Wildman–Crippen LogP) is 3.57. The SMILES string of the molecule is c1ccc2c(c1)-c1ccccc1C2c1cn[nH]c1. The normalized spacial score (nSPS) is 13.3. The summed E-state index contributed by atoms with van der Waals surface area (Å²) in [4.78, 5) is 0. The first-order valence-corrected chi connectivity index (χ1v) is 6.12. The number of benzene rings is 2. The number of aromatic nitrogens is 2. The third-order valence-electron chi connectivity index (χ3n) is 3.69. The zero-order valence-corrected chi connectivity index (χ0v) is 9.80. The summed E-state index contributed by atoms with van der Waals surface area (Å²) < 4.78 is 0. The molecule has 0 fully saturated rings. The van der Waals surface area contributed by atoms with Crippen molar-refractivity contribution in [2.24, 2.45) is 0 Å². The van der Waals surface area contributed by atoms with Crippen molar-refractivity contribution in [3.63, 3.8) is 0 Å². The van der Waals surface area contributed by atoms with Gasteiger partial charge < -0.3 is 0 Å². The highest BCUT2D eigenvalue weighted by Gasteiger charge is 2.29. The summed E-state index contributed by atoms with van der Waals surface area (Å²) in [6, 6.07) is 17.3. The number of fused-ring (bicyclic) bond motifs is 3. The largest absolute Gasteiger partial charge is 0.285 e. The highest BCUT2D eigenvalue weighted by Crippen LogP contribution is 2.47. The van der Waals surface area contributed by atoms with E-state index in [1.807, 2.05) is 12.4 Å². The van der Waals surface area contributed by atoms with Gasteiger partial charge in [-0.05, 0) is 22.3 Å². The lowest BCUT2D eigenvalue weighted by atomic mass is 9.92. The zero-order chi connectivity index (χ0) is 11.9. The van der Waals surface area contributed by atoms with Crippen molar-refractivity contribution in [3.05, 3.63) is 77.6 Å². The number of aromatic amines is 1. The van der Waals surface area contributed by atoms with E-state index in [0.29, 0.717) is 5.92 Å². The van der Waals surface area contributed by atoms with Crippen molar-refractivity contribution in [3.8, 4) is 11.1 Å². The molecule has 0 aliphatic heterocycles. The van der Waals surface area contributed by atoms with Crippen LogP contribution in [0.25, 0.3) is 11.1 Å². The number of rotatable bonds is 1. The second kappa shape index (κ2) is 3.57. The number of hydrogen-bond donors (Lipinski definition) is 1. The van der Waals surface area contributed by atoms with Crippen LogP contribution in [0.3, 0.4) is 0 Å². The fourth-order valence-electron chi connectivity index (χ4n) is 2.93. The van der Waals surface area contributed by atoms with Gasteiger partial charge in [-0.3, -0.25) is 5.10 Å². The van der Waals surface area contributed by atoms with Crippen molar-refractivity contribution in [2.75, 3.05) is 0 Å². The number of nitrogens with one attached hydrogen (secondary N) is 1. The molecule has 1 aliphatic carbocycles. The summed E-state index contributed by atoms with van der Waals surface area (Å²) >= 11 is 0. The van der Waals surface area contributed by atoms with Gasteiger partial charge in [0.25, 0.3) is 0 Å². The van der Waals surface area contributed by atoms with E-state index in [0.717, 1.165) is 0 Å². The van der Waals surface area contributed by atoms with E-state index in [-0.39, 0.29) is 0 Å². The van der Waals surface area contributed by atoms with Crippen molar-refractivity contribution in [1.29, 1.82) is 0 Å². The summed E-state index contributed by atoms with van der Waals surface area (Å²) in [5.74, 6) is 0.316. The predicted molar refractivity (Wildman–Crippen MR) is 71.4 cm³/mol. The third-order valence-corrected chi connectivity index (χ3v) is 3.69. The topological polar surface area (TPSA) is 28.7 Å². The smallest absolute Gasteiger partial charge is 0.0528 e. The summed E-state index contributed by atoms with van der Waals surface area (Å²) in [7, 11) is 0. The maximum absolute atomic E-state index is 4.09. The lowest BCUT2D eigenvalue weighted by Crippen LogP contribution is -1.96. The van der Waals surface area contributed by atoms with Gasteiger partial charge in [-0.25, -0.2) is 0 Å². The van der Waals surface area contributed by atoms with Gasteiger partial charge in [0.15, 0.2) is 0 Å². The Labute approximate surface area is 105 Å². The highest BCUT2D eigenvalue weighted by atomic mass is 15.1. The highest BCUT2D eigenvalue weighted by molar-refractivity contribution is 5.80. The van der Waals surface area contributed by atoms with Gasteiger partial charge in [-0.15, -0.1) is 0 Å². The molecule has 3 aromatic rings. The van der Waals surface area contributed by atoms with Gasteiger partial charge >= 0.3 is 0 Å². The number of H-pyrrole nitrogens is 1. The van der Waals surface area contributed by atoms with Gasteiger partial charge in [0, 0.05) is 17.7 Å². The first-order chi connectivity index (χ1) is 8.95. The maximum atomic E-state index is 4.09. The van der Waals surface area contributed by atoms with Gasteiger partial charge in [0.05, 0.1) is 6.20 Å². The molecule has 2 nitrogen and oxygen atoms in total. The molecule has 1 aromatic heterocycles. The molecule has 0 unspecified atom stereocenters. The Balaban J connectivity index is 2.04. The summed E-state index contributed by atoms with van der Waals surface area (Å²) in [6.45, 7) is 0. The van der Waals surface area contributed by atoms with Crippen LogP contribution in [-0.4, -0.2) is 10.2 Å². The van der Waals surface area contributed by atoms with E-state index in [4.69, 9.17) is 0 Å². The second-order valence-corrected chi connectivity index (χ2v) is 4.64. The van der Waals surface area contributed by atoms with Crippen LogP contribution in [0.1, 0.15) is 22.6 Å². The molecular weight excluding hydrogens is 220 g/mol. The average molecular weight is 232 g/mol. The molecule has 0 atom stereocenters. The minimum Gasteiger partial charge on any atom is -0.285 e. The summed E-state index contributed by atoms with van der Waals surface area (Å²) in [6.07, 6.45) is 3.91. The molecule has 1 aliphatic rings. The standard InChI is InChI=1S/C16H12N2/c1-3-7-14-12(5-1)13-6-2-4-8-15(13)16(14)11-9-17-18-10-11/h1-10,16H,(H,17,18). The van der Waals surface area contributed by atoms with Crippen molar-refractivity contribution in [1.82, 2.24) is 10.2 Å². The van der Waals surface area contributed by atoms with Gasteiger partial charge in [-0.1, -0.05) is 48.5 Å². The van der Waals surface area contributed by atoms with Crippen LogP contribution >= 0.6 is 0 Å².